The summed E-state index contributed by atoms with van der Waals surface area (Å²) >= 11 is 0. The highest BCUT2D eigenvalue weighted by molar-refractivity contribution is 4.95. The van der Waals surface area contributed by atoms with Crippen LogP contribution in [0.3, 0.4) is 0 Å². The molecule has 0 aromatic carbocycles. The normalized spacial score (nSPS) is 26.7. The van der Waals surface area contributed by atoms with Gasteiger partial charge in [-0.05, 0) is 13.8 Å². The lowest BCUT2D eigenvalue weighted by atomic mass is 10.1. The summed E-state index contributed by atoms with van der Waals surface area (Å²) in [5.74, 6) is 3.04. The van der Waals surface area contributed by atoms with Gasteiger partial charge >= 0.3 is 0 Å². The zero-order chi connectivity index (χ0) is 8.97. The Morgan fingerprint density at radius 3 is 2.92 bits per heavy atom. The fourth-order valence-electron chi connectivity index (χ4n) is 1.40. The second kappa shape index (κ2) is 4.49. The second-order valence-electron chi connectivity index (χ2n) is 3.53. The molecule has 0 bridgehead atoms. The molecule has 68 valence electrons. The maximum absolute atomic E-state index is 5.39. The maximum Gasteiger partial charge on any atom is 0.0616 e. The number of ether oxygens (including phenoxy) is 1. The lowest BCUT2D eigenvalue weighted by Crippen LogP contribution is -2.35. The molecule has 1 rings (SSSR count). The highest BCUT2D eigenvalue weighted by atomic mass is 16.5. The average Bonchev–Trinajstić information content (AvgIpc) is 2.28. The largest absolute Gasteiger partial charge is 0.379 e. The Morgan fingerprint density at radius 1 is 1.58 bits per heavy atom. The maximum atomic E-state index is 5.39. The van der Waals surface area contributed by atoms with Crippen LogP contribution in [0.2, 0.25) is 0 Å². The fraction of sp³-hybridized carbons (Fsp3) is 0.800. The van der Waals surface area contributed by atoms with Gasteiger partial charge in [-0.2, -0.15) is 0 Å². The molecule has 1 saturated heterocycles. The van der Waals surface area contributed by atoms with E-state index in [1.165, 1.54) is 0 Å². The standard InChI is InChI=1S/C10H17NO/c1-4-10-7-11(9(2)3)5-6-12-8-10/h1,9-10H,5-8H2,2-3H3/t10-/m0/s1. The molecule has 2 heteroatoms. The third-order valence-corrected chi connectivity index (χ3v) is 2.26. The van der Waals surface area contributed by atoms with Crippen molar-refractivity contribution in [2.75, 3.05) is 26.3 Å². The van der Waals surface area contributed by atoms with Gasteiger partial charge in [0.05, 0.1) is 19.1 Å². The summed E-state index contributed by atoms with van der Waals surface area (Å²) < 4.78 is 5.39. The summed E-state index contributed by atoms with van der Waals surface area (Å²) in [6.07, 6.45) is 5.38. The first kappa shape index (κ1) is 9.57. The van der Waals surface area contributed by atoms with E-state index in [0.29, 0.717) is 6.04 Å². The lowest BCUT2D eigenvalue weighted by molar-refractivity contribution is 0.129. The predicted molar refractivity (Wildman–Crippen MR) is 49.9 cm³/mol. The highest BCUT2D eigenvalue weighted by Gasteiger charge is 2.18. The molecule has 0 aliphatic carbocycles. The zero-order valence-corrected chi connectivity index (χ0v) is 7.92. The summed E-state index contributed by atoms with van der Waals surface area (Å²) in [7, 11) is 0. The van der Waals surface area contributed by atoms with Gasteiger partial charge in [0.2, 0.25) is 0 Å². The third-order valence-electron chi connectivity index (χ3n) is 2.26. The van der Waals surface area contributed by atoms with Crippen molar-refractivity contribution in [2.24, 2.45) is 5.92 Å². The number of rotatable bonds is 1. The molecule has 1 aliphatic rings. The van der Waals surface area contributed by atoms with Crippen LogP contribution in [0.1, 0.15) is 13.8 Å². The molecule has 0 N–H and O–H groups in total. The minimum absolute atomic E-state index is 0.273. The monoisotopic (exact) mass is 167 g/mol. The first-order valence-corrected chi connectivity index (χ1v) is 4.52. The quantitative estimate of drug-likeness (QED) is 0.540. The molecule has 0 aromatic rings. The third kappa shape index (κ3) is 2.51. The summed E-state index contributed by atoms with van der Waals surface area (Å²) in [5.41, 5.74) is 0. The Hall–Kier alpha value is -0.520. The van der Waals surface area contributed by atoms with Gasteiger partial charge in [0.1, 0.15) is 0 Å². The van der Waals surface area contributed by atoms with Crippen LogP contribution >= 0.6 is 0 Å². The van der Waals surface area contributed by atoms with Crippen molar-refractivity contribution in [2.45, 2.75) is 19.9 Å². The molecule has 0 radical (unpaired) electrons. The van der Waals surface area contributed by atoms with E-state index in [9.17, 15) is 0 Å². The Kier molecular flexibility index (Phi) is 3.58. The van der Waals surface area contributed by atoms with E-state index >= 15 is 0 Å². The first-order chi connectivity index (χ1) is 5.74. The summed E-state index contributed by atoms with van der Waals surface area (Å²) in [6.45, 7) is 7.91. The predicted octanol–water partition coefficient (Wildman–Crippen LogP) is 0.976. The van der Waals surface area contributed by atoms with E-state index in [4.69, 9.17) is 11.2 Å². The first-order valence-electron chi connectivity index (χ1n) is 4.52. The lowest BCUT2D eigenvalue weighted by Gasteiger charge is -2.24. The second-order valence-corrected chi connectivity index (χ2v) is 3.53. The van der Waals surface area contributed by atoms with Crippen LogP contribution in [-0.4, -0.2) is 37.2 Å². The molecule has 12 heavy (non-hydrogen) atoms. The van der Waals surface area contributed by atoms with E-state index in [2.05, 4.69) is 24.7 Å². The molecule has 0 spiro atoms. The number of hydrogen-bond acceptors (Lipinski definition) is 2. The Balaban J connectivity index is 2.49. The van der Waals surface area contributed by atoms with E-state index in [1.54, 1.807) is 0 Å². The fourth-order valence-corrected chi connectivity index (χ4v) is 1.40. The molecular formula is C10H17NO. The summed E-state index contributed by atoms with van der Waals surface area (Å²) in [6, 6.07) is 0.572. The van der Waals surface area contributed by atoms with Crippen LogP contribution in [0.15, 0.2) is 0 Å². The topological polar surface area (TPSA) is 12.5 Å². The molecule has 1 fully saturated rings. The molecule has 1 aliphatic heterocycles. The van der Waals surface area contributed by atoms with Gasteiger partial charge in [0, 0.05) is 19.1 Å². The zero-order valence-electron chi connectivity index (χ0n) is 7.92. The highest BCUT2D eigenvalue weighted by Crippen LogP contribution is 2.08. The number of terminal acetylenes is 1. The van der Waals surface area contributed by atoms with Crippen LogP contribution in [0, 0.1) is 18.3 Å². The van der Waals surface area contributed by atoms with Gasteiger partial charge in [0.25, 0.3) is 0 Å². The summed E-state index contributed by atoms with van der Waals surface area (Å²) in [4.78, 5) is 2.37. The molecule has 0 amide bonds. The van der Waals surface area contributed by atoms with E-state index in [0.717, 1.165) is 26.3 Å². The van der Waals surface area contributed by atoms with Gasteiger partial charge in [0.15, 0.2) is 0 Å². The molecule has 0 unspecified atom stereocenters. The van der Waals surface area contributed by atoms with E-state index in [-0.39, 0.29) is 5.92 Å². The van der Waals surface area contributed by atoms with Crippen LogP contribution in [0.4, 0.5) is 0 Å². The SMILES string of the molecule is C#C[C@@H]1COCCN(C(C)C)C1. The molecule has 1 atom stereocenters. The van der Waals surface area contributed by atoms with E-state index < -0.39 is 0 Å². The Bertz CT molecular complexity index is 171. The Morgan fingerprint density at radius 2 is 2.33 bits per heavy atom. The number of nitrogens with zero attached hydrogens (tertiary/aromatic N) is 1. The van der Waals surface area contributed by atoms with Crippen molar-refractivity contribution in [3.63, 3.8) is 0 Å². The van der Waals surface area contributed by atoms with Gasteiger partial charge in [-0.15, -0.1) is 6.42 Å². The molecular weight excluding hydrogens is 150 g/mol. The molecule has 0 saturated carbocycles. The van der Waals surface area contributed by atoms with Crippen molar-refractivity contribution in [3.8, 4) is 12.3 Å². The molecule has 0 aromatic heterocycles. The van der Waals surface area contributed by atoms with Crippen molar-refractivity contribution < 1.29 is 4.74 Å². The number of hydrogen-bond donors (Lipinski definition) is 0. The minimum Gasteiger partial charge on any atom is -0.379 e. The van der Waals surface area contributed by atoms with Crippen LogP contribution in [-0.2, 0) is 4.74 Å². The molecule has 2 nitrogen and oxygen atoms in total. The van der Waals surface area contributed by atoms with Crippen molar-refractivity contribution in [1.29, 1.82) is 0 Å². The van der Waals surface area contributed by atoms with Crippen LogP contribution in [0.25, 0.3) is 0 Å². The van der Waals surface area contributed by atoms with Crippen LogP contribution in [0.5, 0.6) is 0 Å². The van der Waals surface area contributed by atoms with Crippen LogP contribution < -0.4 is 0 Å². The molecule has 1 heterocycles. The summed E-state index contributed by atoms with van der Waals surface area (Å²) in [5, 5.41) is 0. The average molecular weight is 167 g/mol. The van der Waals surface area contributed by atoms with Gasteiger partial charge in [-0.1, -0.05) is 5.92 Å². The Labute approximate surface area is 74.9 Å². The van der Waals surface area contributed by atoms with Crippen molar-refractivity contribution in [3.05, 3.63) is 0 Å². The minimum atomic E-state index is 0.273. The van der Waals surface area contributed by atoms with Crippen molar-refractivity contribution >= 4 is 0 Å². The van der Waals surface area contributed by atoms with Gasteiger partial charge in [-0.25, -0.2) is 0 Å². The van der Waals surface area contributed by atoms with Gasteiger partial charge in [-0.3, -0.25) is 4.90 Å². The van der Waals surface area contributed by atoms with Crippen molar-refractivity contribution in [1.82, 2.24) is 4.90 Å². The van der Waals surface area contributed by atoms with Gasteiger partial charge < -0.3 is 4.74 Å². The smallest absolute Gasteiger partial charge is 0.0616 e. The van der Waals surface area contributed by atoms with E-state index in [1.807, 2.05) is 0 Å².